The number of carbonyl (C=O) groups is 8. The van der Waals surface area contributed by atoms with Gasteiger partial charge in [0.1, 0.15) is 51.0 Å². The maximum absolute atomic E-state index is 12.8. The molecule has 22 heteroatoms. The molecule has 0 saturated heterocycles. The number of furan rings is 4. The average molecular weight is 1670 g/mol. The predicted octanol–water partition coefficient (Wildman–Crippen LogP) is 23.0. The van der Waals surface area contributed by atoms with Gasteiger partial charge in [0.25, 0.3) is 0 Å². The molecule has 0 aliphatic heterocycles. The van der Waals surface area contributed by atoms with Gasteiger partial charge in [0.2, 0.25) is 17.1 Å². The molecule has 0 unspecified atom stereocenters. The summed E-state index contributed by atoms with van der Waals surface area (Å²) in [4.78, 5) is 98.3. The number of esters is 3. The van der Waals surface area contributed by atoms with Crippen LogP contribution in [0.4, 0.5) is 4.79 Å². The van der Waals surface area contributed by atoms with Gasteiger partial charge in [-0.15, -0.1) is 0 Å². The van der Waals surface area contributed by atoms with Gasteiger partial charge >= 0.3 is 24.0 Å². The fourth-order valence-electron chi connectivity index (χ4n) is 10.8. The molecule has 0 atom stereocenters. The lowest BCUT2D eigenvalue weighted by Gasteiger charge is -2.30. The number of nitrogens with two attached hydrogens (primary N) is 1. The van der Waals surface area contributed by atoms with Crippen molar-refractivity contribution in [1.82, 2.24) is 14.7 Å². The Morgan fingerprint density at radius 3 is 1.11 bits per heavy atom. The number of halogens is 2. The van der Waals surface area contributed by atoms with Crippen molar-refractivity contribution in [1.29, 1.82) is 0 Å². The van der Waals surface area contributed by atoms with Gasteiger partial charge in [0, 0.05) is 109 Å². The first kappa shape index (κ1) is 102. The van der Waals surface area contributed by atoms with Crippen LogP contribution in [0.1, 0.15) is 256 Å². The van der Waals surface area contributed by atoms with E-state index in [1.807, 2.05) is 175 Å². The summed E-state index contributed by atoms with van der Waals surface area (Å²) in [5.74, 6) is 0.802. The molecule has 114 heavy (non-hydrogen) atoms. The number of rotatable bonds is 31. The van der Waals surface area contributed by atoms with Crippen LogP contribution in [0, 0.1) is 29.6 Å². The Bertz CT molecular complexity index is 4120. The van der Waals surface area contributed by atoms with Crippen LogP contribution in [0.2, 0.25) is 0 Å². The Kier molecular flexibility index (Phi) is 46.7. The van der Waals surface area contributed by atoms with Gasteiger partial charge in [-0.05, 0) is 260 Å². The van der Waals surface area contributed by atoms with Crippen molar-refractivity contribution in [3.63, 3.8) is 0 Å². The lowest BCUT2D eigenvalue weighted by Crippen LogP contribution is -2.41. The van der Waals surface area contributed by atoms with Crippen LogP contribution in [-0.2, 0) is 67.2 Å². The normalized spacial score (nSPS) is 11.4. The zero-order valence-corrected chi connectivity index (χ0v) is 74.9. The summed E-state index contributed by atoms with van der Waals surface area (Å²) in [7, 11) is 0. The van der Waals surface area contributed by atoms with Crippen molar-refractivity contribution in [2.75, 3.05) is 38.1 Å². The van der Waals surface area contributed by atoms with Gasteiger partial charge in [-0.3, -0.25) is 33.6 Å². The van der Waals surface area contributed by atoms with Crippen molar-refractivity contribution in [2.24, 2.45) is 35.3 Å². The van der Waals surface area contributed by atoms with Crippen LogP contribution in [-0.4, -0.2) is 123 Å². The second-order valence-corrected chi connectivity index (χ2v) is 35.1. The number of nitrogens with zero attached hydrogens (tertiary/aromatic N) is 3. The largest absolute Gasteiger partial charge is 0.464 e. The van der Waals surface area contributed by atoms with Gasteiger partial charge in [-0.2, -0.15) is 0 Å². The summed E-state index contributed by atoms with van der Waals surface area (Å²) in [6.45, 7) is 46.4. The lowest BCUT2D eigenvalue weighted by atomic mass is 10.0. The predicted molar refractivity (Wildman–Crippen MR) is 463 cm³/mol. The van der Waals surface area contributed by atoms with Crippen molar-refractivity contribution in [3.05, 3.63) is 144 Å². The number of aldehydes is 1. The maximum Gasteiger partial charge on any atom is 0.410 e. The van der Waals surface area contributed by atoms with Crippen molar-refractivity contribution in [2.45, 2.75) is 271 Å². The van der Waals surface area contributed by atoms with Gasteiger partial charge < -0.3 is 57.0 Å². The third-order valence-corrected chi connectivity index (χ3v) is 17.9. The van der Waals surface area contributed by atoms with Crippen LogP contribution < -0.4 is 5.73 Å². The number of benzene rings is 4. The van der Waals surface area contributed by atoms with E-state index in [-0.39, 0.29) is 70.0 Å². The molecule has 20 nitrogen and oxygen atoms in total. The van der Waals surface area contributed by atoms with E-state index in [1.165, 1.54) is 10.9 Å². The number of ether oxygens (including phenoxy) is 4. The molecule has 2 N–H and O–H groups in total. The quantitative estimate of drug-likeness (QED) is 0.0106. The monoisotopic (exact) mass is 1670 g/mol. The van der Waals surface area contributed by atoms with E-state index in [0.717, 1.165) is 119 Å². The second kappa shape index (κ2) is 52.3. The Hall–Kier alpha value is -8.27. The summed E-state index contributed by atoms with van der Waals surface area (Å²) in [6, 6.07) is 31.4. The van der Waals surface area contributed by atoms with Gasteiger partial charge in [0.15, 0.2) is 0 Å². The minimum absolute atomic E-state index is 0.0216. The highest BCUT2D eigenvalue weighted by Gasteiger charge is 2.26. The van der Waals surface area contributed by atoms with Gasteiger partial charge in [0.05, 0.1) is 25.1 Å². The Morgan fingerprint density at radius 2 is 0.754 bits per heavy atom. The topological polar surface area (TPSA) is 262 Å². The third-order valence-electron chi connectivity index (χ3n) is 16.1. The van der Waals surface area contributed by atoms with E-state index in [2.05, 4.69) is 67.9 Å². The van der Waals surface area contributed by atoms with Crippen LogP contribution in [0.5, 0.6) is 0 Å². The maximum atomic E-state index is 12.8. The Morgan fingerprint density at radius 1 is 0.421 bits per heavy atom. The van der Waals surface area contributed by atoms with Gasteiger partial charge in [-0.25, -0.2) is 4.79 Å². The third kappa shape index (κ3) is 45.7. The number of hydrogen-bond acceptors (Lipinski definition) is 17. The minimum Gasteiger partial charge on any atom is -0.464 e. The first-order valence-electron chi connectivity index (χ1n) is 40.3. The molecule has 0 saturated carbocycles. The highest BCUT2D eigenvalue weighted by molar-refractivity contribution is 9.09. The first-order valence-corrected chi connectivity index (χ1v) is 41.8. The number of fused-ring (bicyclic) bond motifs is 4. The molecule has 8 aromatic rings. The molecule has 634 valence electrons. The van der Waals surface area contributed by atoms with Crippen molar-refractivity contribution in [3.8, 4) is 0 Å². The highest BCUT2D eigenvalue weighted by Crippen LogP contribution is 2.25. The standard InChI is InChI=1S/C25H38N2O4.C22H31NO4.C19H26O3.C9H19NO2.C9H6O2.C4H9Br.C4H7ClO/c1-18(2)16-27(24(29)31-25(5,6)7)13-8-12-26(23(28)19(3)4)17-20-9-10-22-21(15-20)11-14-30-22;1-16(2)21(25)23(12-7-6-8-20(24)27-22(3,4)5)15-17-9-10-19-18(14-17)11-13-26-19;1-19(2,3)22-18(20)9-7-5-4-6-8-15-10-11-17-16(14-15)12-13-21-17;1-9(2,3)12-8(11)6-4-5-7-10;10-6-7-1-2-9-8(5-7)3-4-11-9;1-4(2)3-5;1-3(2)4(5)6/h9-11,14-15,18-19H,8,12-13,16-17H2,1-7H3;9-11,13-14,16H,6-8,12,15H2,1-5H3;10-14H,4-9H2,1-3H3;4-7,10H2,1-3H3;1-6H;4H,3H2,1-2H3;3H,1-2H3. The zero-order valence-electron chi connectivity index (χ0n) is 72.6. The van der Waals surface area contributed by atoms with E-state index < -0.39 is 11.2 Å². The van der Waals surface area contributed by atoms with E-state index >= 15 is 0 Å². The molecule has 0 radical (unpaired) electrons. The molecule has 4 heterocycles. The van der Waals surface area contributed by atoms with Crippen molar-refractivity contribution >= 4 is 119 Å². The summed E-state index contributed by atoms with van der Waals surface area (Å²) >= 11 is 8.29. The van der Waals surface area contributed by atoms with E-state index in [1.54, 1.807) is 62.0 Å². The first-order chi connectivity index (χ1) is 53.3. The van der Waals surface area contributed by atoms with Crippen LogP contribution in [0.25, 0.3) is 43.9 Å². The molecule has 8 rings (SSSR count). The average Bonchev–Trinajstić information content (AvgIpc) is 1.69. The molecule has 0 aliphatic rings. The lowest BCUT2D eigenvalue weighted by molar-refractivity contribution is -0.156. The Balaban J connectivity index is 0.000000485. The van der Waals surface area contributed by atoms with Crippen LogP contribution in [0.15, 0.2) is 140 Å². The molecular formula is C92H136BrClN4O16. The number of aryl methyl sites for hydroxylation is 1. The summed E-state index contributed by atoms with van der Waals surface area (Å²) in [5, 5.41) is 5.05. The fraction of sp³-hybridized carbons (Fsp3) is 0.565. The van der Waals surface area contributed by atoms with Crippen LogP contribution in [0.3, 0.4) is 0 Å². The van der Waals surface area contributed by atoms with Crippen molar-refractivity contribution < 1.29 is 75.0 Å². The Labute approximate surface area is 693 Å². The zero-order chi connectivity index (χ0) is 85.9. The summed E-state index contributed by atoms with van der Waals surface area (Å²) in [5.41, 5.74) is 11.2. The fourth-order valence-corrected chi connectivity index (χ4v) is 10.8. The van der Waals surface area contributed by atoms with E-state index in [9.17, 15) is 38.4 Å². The SMILES string of the molecule is CC(C)(C)OC(=O)CCCCCCc1ccc2occc2c1.CC(C)(C)OC(=O)CCCCN.CC(C)C(=O)Cl.CC(C)C(=O)N(CCCCC(=O)OC(C)(C)C)Cc1ccc2occc2c1.CC(C)CBr.CC(C)CN(CCCN(Cc1ccc2occc2c1)C(=O)C(C)C)C(=O)OC(C)(C)C.O=Cc1ccc2occc2c1. The molecule has 4 aromatic carbocycles. The van der Waals surface area contributed by atoms with Gasteiger partial charge in [-0.1, -0.05) is 116 Å². The van der Waals surface area contributed by atoms with Crippen LogP contribution >= 0.6 is 27.5 Å². The summed E-state index contributed by atoms with van der Waals surface area (Å²) < 4.78 is 42.5. The van der Waals surface area contributed by atoms with E-state index in [0.29, 0.717) is 89.4 Å². The van der Waals surface area contributed by atoms with E-state index in [4.69, 9.17) is 54.0 Å². The molecular weight excluding hydrogens is 1530 g/mol. The molecule has 4 aromatic heterocycles. The smallest absolute Gasteiger partial charge is 0.410 e. The highest BCUT2D eigenvalue weighted by atomic mass is 79.9. The number of hydrogen-bond donors (Lipinski definition) is 1. The number of alkyl halides is 1. The number of unbranched alkanes of at least 4 members (excludes halogenated alkanes) is 5. The molecule has 0 aliphatic carbocycles. The minimum atomic E-state index is -0.530. The molecule has 0 bridgehead atoms. The summed E-state index contributed by atoms with van der Waals surface area (Å²) in [6.07, 6.45) is 17.8. The molecule has 0 fully saturated rings. The second-order valence-electron chi connectivity index (χ2n) is 34.1. The number of carbonyl (C=O) groups excluding carboxylic acids is 8. The molecule has 3 amide bonds. The number of amides is 3. The molecule has 0 spiro atoms.